The van der Waals surface area contributed by atoms with Crippen LogP contribution in [0.3, 0.4) is 0 Å². The molecule has 0 atom stereocenters. The number of benzene rings is 1. The summed E-state index contributed by atoms with van der Waals surface area (Å²) in [6.07, 6.45) is 0. The Hall–Kier alpha value is -2.17. The second-order valence-corrected chi connectivity index (χ2v) is 4.57. The van der Waals surface area contributed by atoms with Crippen LogP contribution in [0.5, 0.6) is 5.75 Å². The second kappa shape index (κ2) is 5.65. The summed E-state index contributed by atoms with van der Waals surface area (Å²) in [7, 11) is 0. The van der Waals surface area contributed by atoms with Crippen molar-refractivity contribution in [1.82, 2.24) is 10.1 Å². The predicted molar refractivity (Wildman–Crippen MR) is 69.2 cm³/mol. The van der Waals surface area contributed by atoms with E-state index in [1.54, 1.807) is 24.3 Å². The molecular formula is C14H16N2O3. The molecule has 100 valence electrons. The van der Waals surface area contributed by atoms with Gasteiger partial charge in [-0.1, -0.05) is 19.0 Å². The van der Waals surface area contributed by atoms with Gasteiger partial charge in [0.25, 0.3) is 0 Å². The second-order valence-electron chi connectivity index (χ2n) is 4.57. The fourth-order valence-corrected chi connectivity index (χ4v) is 1.49. The third-order valence-corrected chi connectivity index (χ3v) is 2.61. The molecule has 0 aliphatic rings. The standard InChI is InChI=1S/C14H16N2O3/c1-9(2)14-15-13(16-19-14)8-18-12-6-4-11(5-7-12)10(3)17/h4-7,9H,8H2,1-3H3. The monoisotopic (exact) mass is 260 g/mol. The minimum atomic E-state index is 0.0336. The average Bonchev–Trinajstić information content (AvgIpc) is 2.86. The molecule has 0 aliphatic carbocycles. The Morgan fingerprint density at radius 3 is 2.53 bits per heavy atom. The number of ether oxygens (including phenoxy) is 1. The quantitative estimate of drug-likeness (QED) is 0.773. The molecule has 0 spiro atoms. The van der Waals surface area contributed by atoms with Crippen molar-refractivity contribution in [1.29, 1.82) is 0 Å². The molecule has 1 heterocycles. The number of nitrogens with zero attached hydrogens (tertiary/aromatic N) is 2. The van der Waals surface area contributed by atoms with Crippen molar-refractivity contribution in [2.24, 2.45) is 0 Å². The number of rotatable bonds is 5. The van der Waals surface area contributed by atoms with E-state index < -0.39 is 0 Å². The van der Waals surface area contributed by atoms with Crippen LogP contribution in [0.4, 0.5) is 0 Å². The van der Waals surface area contributed by atoms with E-state index in [1.165, 1.54) is 6.92 Å². The zero-order chi connectivity index (χ0) is 13.8. The molecule has 5 nitrogen and oxygen atoms in total. The Labute approximate surface area is 111 Å². The molecule has 0 aliphatic heterocycles. The van der Waals surface area contributed by atoms with E-state index in [0.717, 1.165) is 0 Å². The van der Waals surface area contributed by atoms with Crippen molar-refractivity contribution in [2.45, 2.75) is 33.3 Å². The van der Waals surface area contributed by atoms with Gasteiger partial charge in [-0.25, -0.2) is 0 Å². The van der Waals surface area contributed by atoms with Crippen LogP contribution in [0, 0.1) is 0 Å². The smallest absolute Gasteiger partial charge is 0.229 e. The summed E-state index contributed by atoms with van der Waals surface area (Å²) in [6, 6.07) is 6.96. The summed E-state index contributed by atoms with van der Waals surface area (Å²) in [5.74, 6) is 2.02. The highest BCUT2D eigenvalue weighted by molar-refractivity contribution is 5.94. The molecule has 19 heavy (non-hydrogen) atoms. The zero-order valence-corrected chi connectivity index (χ0v) is 11.2. The van der Waals surface area contributed by atoms with Crippen molar-refractivity contribution >= 4 is 5.78 Å². The van der Waals surface area contributed by atoms with Crippen LogP contribution in [-0.4, -0.2) is 15.9 Å². The van der Waals surface area contributed by atoms with Gasteiger partial charge in [0.2, 0.25) is 11.7 Å². The summed E-state index contributed by atoms with van der Waals surface area (Å²) in [5, 5.41) is 3.83. The van der Waals surface area contributed by atoms with Crippen LogP contribution in [0.25, 0.3) is 0 Å². The Morgan fingerprint density at radius 2 is 2.00 bits per heavy atom. The molecule has 1 aromatic carbocycles. The van der Waals surface area contributed by atoms with Gasteiger partial charge in [-0.05, 0) is 31.2 Å². The molecular weight excluding hydrogens is 244 g/mol. The summed E-state index contributed by atoms with van der Waals surface area (Å²) >= 11 is 0. The molecule has 0 saturated heterocycles. The highest BCUT2D eigenvalue weighted by atomic mass is 16.5. The number of carbonyl (C=O) groups excluding carboxylic acids is 1. The van der Waals surface area contributed by atoms with Gasteiger partial charge in [0, 0.05) is 11.5 Å². The number of Topliss-reactive ketones (excluding diaryl/α,β-unsaturated/α-hetero) is 1. The van der Waals surface area contributed by atoms with E-state index in [2.05, 4.69) is 10.1 Å². The third kappa shape index (κ3) is 3.40. The van der Waals surface area contributed by atoms with Crippen LogP contribution in [0.2, 0.25) is 0 Å². The van der Waals surface area contributed by atoms with Crippen molar-refractivity contribution in [2.75, 3.05) is 0 Å². The first-order valence-electron chi connectivity index (χ1n) is 6.12. The number of carbonyl (C=O) groups is 1. The average molecular weight is 260 g/mol. The van der Waals surface area contributed by atoms with Gasteiger partial charge in [-0.15, -0.1) is 0 Å². The SMILES string of the molecule is CC(=O)c1ccc(OCc2noc(C(C)C)n2)cc1. The van der Waals surface area contributed by atoms with Gasteiger partial charge in [0.15, 0.2) is 12.4 Å². The number of hydrogen-bond acceptors (Lipinski definition) is 5. The van der Waals surface area contributed by atoms with Crippen LogP contribution < -0.4 is 4.74 Å². The van der Waals surface area contributed by atoms with Crippen LogP contribution >= 0.6 is 0 Å². The highest BCUT2D eigenvalue weighted by Gasteiger charge is 2.10. The van der Waals surface area contributed by atoms with Gasteiger partial charge in [-0.3, -0.25) is 4.79 Å². The lowest BCUT2D eigenvalue weighted by molar-refractivity contribution is 0.101. The molecule has 0 N–H and O–H groups in total. The maximum Gasteiger partial charge on any atom is 0.229 e. The molecule has 2 rings (SSSR count). The Kier molecular flexibility index (Phi) is 3.94. The summed E-state index contributed by atoms with van der Waals surface area (Å²) < 4.78 is 10.6. The molecule has 1 aromatic heterocycles. The maximum atomic E-state index is 11.1. The van der Waals surface area contributed by atoms with Gasteiger partial charge >= 0.3 is 0 Å². The molecule has 0 amide bonds. The van der Waals surface area contributed by atoms with Crippen LogP contribution in [0.1, 0.15) is 48.8 Å². The highest BCUT2D eigenvalue weighted by Crippen LogP contribution is 2.15. The van der Waals surface area contributed by atoms with Crippen LogP contribution in [0.15, 0.2) is 28.8 Å². The third-order valence-electron chi connectivity index (χ3n) is 2.61. The van der Waals surface area contributed by atoms with Crippen molar-refractivity contribution in [3.05, 3.63) is 41.5 Å². The fourth-order valence-electron chi connectivity index (χ4n) is 1.49. The maximum absolute atomic E-state index is 11.1. The molecule has 0 bridgehead atoms. The lowest BCUT2D eigenvalue weighted by Crippen LogP contribution is -1.99. The Morgan fingerprint density at radius 1 is 1.32 bits per heavy atom. The molecule has 0 saturated carbocycles. The lowest BCUT2D eigenvalue weighted by Gasteiger charge is -2.03. The van der Waals surface area contributed by atoms with E-state index >= 15 is 0 Å². The van der Waals surface area contributed by atoms with Crippen LogP contribution in [-0.2, 0) is 6.61 Å². The first-order chi connectivity index (χ1) is 9.06. The van der Waals surface area contributed by atoms with E-state index in [4.69, 9.17) is 9.26 Å². The normalized spacial score (nSPS) is 10.7. The van der Waals surface area contributed by atoms with Gasteiger partial charge < -0.3 is 9.26 Å². The summed E-state index contributed by atoms with van der Waals surface area (Å²) in [4.78, 5) is 15.3. The summed E-state index contributed by atoms with van der Waals surface area (Å²) in [6.45, 7) is 5.75. The van der Waals surface area contributed by atoms with Gasteiger partial charge in [-0.2, -0.15) is 4.98 Å². The Bertz CT molecular complexity index is 558. The topological polar surface area (TPSA) is 65.2 Å². The van der Waals surface area contributed by atoms with Gasteiger partial charge in [0.1, 0.15) is 5.75 Å². The zero-order valence-electron chi connectivity index (χ0n) is 11.2. The molecule has 0 fully saturated rings. The molecule has 0 radical (unpaired) electrons. The number of ketones is 1. The minimum Gasteiger partial charge on any atom is -0.485 e. The van der Waals surface area contributed by atoms with E-state index in [9.17, 15) is 4.79 Å². The molecule has 2 aromatic rings. The number of aromatic nitrogens is 2. The molecule has 0 unspecified atom stereocenters. The van der Waals surface area contributed by atoms with E-state index in [1.807, 2.05) is 13.8 Å². The minimum absolute atomic E-state index is 0.0336. The van der Waals surface area contributed by atoms with Crippen molar-refractivity contribution < 1.29 is 14.1 Å². The van der Waals surface area contributed by atoms with Crippen molar-refractivity contribution in [3.8, 4) is 5.75 Å². The first-order valence-corrected chi connectivity index (χ1v) is 6.12. The van der Waals surface area contributed by atoms with E-state index in [-0.39, 0.29) is 18.3 Å². The molecule has 5 heteroatoms. The van der Waals surface area contributed by atoms with Crippen molar-refractivity contribution in [3.63, 3.8) is 0 Å². The Balaban J connectivity index is 1.96. The van der Waals surface area contributed by atoms with Gasteiger partial charge in [0.05, 0.1) is 0 Å². The lowest BCUT2D eigenvalue weighted by atomic mass is 10.1. The summed E-state index contributed by atoms with van der Waals surface area (Å²) in [5.41, 5.74) is 0.661. The largest absolute Gasteiger partial charge is 0.485 e. The predicted octanol–water partition coefficient (Wildman–Crippen LogP) is 2.97. The first kappa shape index (κ1) is 13.3. The number of hydrogen-bond donors (Lipinski definition) is 0. The fraction of sp³-hybridized carbons (Fsp3) is 0.357. The van der Waals surface area contributed by atoms with E-state index in [0.29, 0.717) is 23.0 Å².